The van der Waals surface area contributed by atoms with Crippen molar-refractivity contribution in [2.75, 3.05) is 5.32 Å². The highest BCUT2D eigenvalue weighted by Crippen LogP contribution is 2.23. The average molecular weight is 301 g/mol. The summed E-state index contributed by atoms with van der Waals surface area (Å²) in [5.41, 5.74) is 2.06. The monoisotopic (exact) mass is 301 g/mol. The first-order chi connectivity index (χ1) is 10.3. The van der Waals surface area contributed by atoms with Crippen LogP contribution in [0.4, 0.5) is 5.13 Å². The lowest BCUT2D eigenvalue weighted by Crippen LogP contribution is -2.07. The van der Waals surface area contributed by atoms with E-state index >= 15 is 0 Å². The molecule has 3 aromatic rings. The van der Waals surface area contributed by atoms with Gasteiger partial charge >= 0.3 is 0 Å². The fraction of sp³-hybridized carbons (Fsp3) is 0.308. The second-order valence-electron chi connectivity index (χ2n) is 4.57. The van der Waals surface area contributed by atoms with Gasteiger partial charge in [-0.3, -0.25) is 0 Å². The summed E-state index contributed by atoms with van der Waals surface area (Å²) in [5.74, 6) is 0. The molecule has 0 spiro atoms. The molecule has 0 saturated carbocycles. The Labute approximate surface area is 126 Å². The summed E-state index contributed by atoms with van der Waals surface area (Å²) >= 11 is 1.59. The fourth-order valence-electron chi connectivity index (χ4n) is 1.94. The van der Waals surface area contributed by atoms with Gasteiger partial charge in [0.25, 0.3) is 0 Å². The molecular weight excluding hydrogens is 286 g/mol. The van der Waals surface area contributed by atoms with Crippen molar-refractivity contribution in [2.24, 2.45) is 0 Å². The van der Waals surface area contributed by atoms with Gasteiger partial charge in [0.05, 0.1) is 11.7 Å². The van der Waals surface area contributed by atoms with Crippen LogP contribution in [0.3, 0.4) is 0 Å². The van der Waals surface area contributed by atoms with E-state index in [9.17, 15) is 0 Å². The van der Waals surface area contributed by atoms with E-state index in [1.54, 1.807) is 22.3 Å². The summed E-state index contributed by atoms with van der Waals surface area (Å²) in [6, 6.07) is 8.19. The zero-order valence-corrected chi connectivity index (χ0v) is 12.6. The van der Waals surface area contributed by atoms with Crippen molar-refractivity contribution in [1.82, 2.24) is 30.4 Å². The number of aryl methyl sites for hydroxylation is 1. The van der Waals surface area contributed by atoms with Crippen molar-refractivity contribution < 1.29 is 0 Å². The maximum absolute atomic E-state index is 4.14. The summed E-state index contributed by atoms with van der Waals surface area (Å²) in [5, 5.41) is 24.7. The summed E-state index contributed by atoms with van der Waals surface area (Å²) in [6.45, 7) is 4.16. The molecule has 0 aliphatic heterocycles. The zero-order chi connectivity index (χ0) is 14.7. The zero-order valence-electron chi connectivity index (χ0n) is 11.8. The molecule has 0 aliphatic carbocycles. The number of nitrogens with zero attached hydrogens (tertiary/aromatic N) is 6. The molecule has 0 saturated heterocycles. The minimum Gasteiger partial charge on any atom is -0.354 e. The van der Waals surface area contributed by atoms with Crippen LogP contribution in [0.2, 0.25) is 0 Å². The van der Waals surface area contributed by atoms with Gasteiger partial charge in [-0.1, -0.05) is 30.4 Å². The number of rotatable bonds is 5. The second-order valence-corrected chi connectivity index (χ2v) is 5.63. The van der Waals surface area contributed by atoms with Crippen LogP contribution in [0.25, 0.3) is 5.69 Å². The molecular formula is C13H15N7S. The second kappa shape index (κ2) is 5.96. The molecule has 7 nitrogen and oxygen atoms in total. The predicted molar refractivity (Wildman–Crippen MR) is 80.5 cm³/mol. The SMILES string of the molecule is CCc1nnc(NC(C)c2cccc(-n3cnnn3)c2)s1. The van der Waals surface area contributed by atoms with Crippen molar-refractivity contribution in [3.05, 3.63) is 41.2 Å². The Hall–Kier alpha value is -2.35. The van der Waals surface area contributed by atoms with Gasteiger partial charge in [-0.2, -0.15) is 0 Å². The third-order valence-electron chi connectivity index (χ3n) is 3.09. The summed E-state index contributed by atoms with van der Waals surface area (Å²) < 4.78 is 1.64. The van der Waals surface area contributed by atoms with Gasteiger partial charge in [-0.15, -0.1) is 15.3 Å². The molecule has 8 heteroatoms. The van der Waals surface area contributed by atoms with E-state index < -0.39 is 0 Å². The van der Waals surface area contributed by atoms with Crippen LogP contribution in [0.1, 0.15) is 30.5 Å². The Bertz CT molecular complexity index is 707. The molecule has 0 aliphatic rings. The van der Waals surface area contributed by atoms with Crippen molar-refractivity contribution >= 4 is 16.5 Å². The van der Waals surface area contributed by atoms with Gasteiger partial charge in [-0.05, 0) is 41.5 Å². The highest BCUT2D eigenvalue weighted by molar-refractivity contribution is 7.15. The van der Waals surface area contributed by atoms with Crippen molar-refractivity contribution in [3.63, 3.8) is 0 Å². The minimum absolute atomic E-state index is 0.124. The van der Waals surface area contributed by atoms with E-state index in [0.29, 0.717) is 0 Å². The van der Waals surface area contributed by atoms with E-state index in [1.807, 2.05) is 12.1 Å². The number of nitrogens with one attached hydrogen (secondary N) is 1. The summed E-state index contributed by atoms with van der Waals surface area (Å²) in [6.07, 6.45) is 2.48. The first-order valence-corrected chi connectivity index (χ1v) is 7.50. The number of benzene rings is 1. The molecule has 1 atom stereocenters. The third-order valence-corrected chi connectivity index (χ3v) is 4.09. The molecule has 0 amide bonds. The number of hydrogen-bond acceptors (Lipinski definition) is 7. The van der Waals surface area contributed by atoms with Crippen LogP contribution < -0.4 is 5.32 Å². The van der Waals surface area contributed by atoms with Gasteiger partial charge in [0.2, 0.25) is 5.13 Å². The maximum Gasteiger partial charge on any atom is 0.206 e. The van der Waals surface area contributed by atoms with E-state index in [4.69, 9.17) is 0 Å². The molecule has 0 fully saturated rings. The Balaban J connectivity index is 1.78. The first kappa shape index (κ1) is 13.6. The highest BCUT2D eigenvalue weighted by atomic mass is 32.1. The largest absolute Gasteiger partial charge is 0.354 e. The average Bonchev–Trinajstić information content (AvgIpc) is 3.18. The maximum atomic E-state index is 4.14. The minimum atomic E-state index is 0.124. The summed E-state index contributed by atoms with van der Waals surface area (Å²) in [7, 11) is 0. The van der Waals surface area contributed by atoms with Crippen molar-refractivity contribution in [2.45, 2.75) is 26.3 Å². The lowest BCUT2D eigenvalue weighted by molar-refractivity contribution is 0.784. The molecule has 0 radical (unpaired) electrons. The molecule has 0 bridgehead atoms. The quantitative estimate of drug-likeness (QED) is 0.778. The fourth-order valence-corrected chi connectivity index (χ4v) is 2.71. The van der Waals surface area contributed by atoms with Crippen LogP contribution in [-0.2, 0) is 6.42 Å². The molecule has 1 unspecified atom stereocenters. The van der Waals surface area contributed by atoms with Crippen molar-refractivity contribution in [1.29, 1.82) is 0 Å². The molecule has 2 heterocycles. The lowest BCUT2D eigenvalue weighted by atomic mass is 10.1. The Morgan fingerprint density at radius 3 is 2.95 bits per heavy atom. The topological polar surface area (TPSA) is 81.4 Å². The highest BCUT2D eigenvalue weighted by Gasteiger charge is 2.10. The standard InChI is InChI=1S/C13H15N7S/c1-3-12-16-17-13(21-12)15-9(2)10-5-4-6-11(7-10)20-8-14-18-19-20/h4-9H,3H2,1-2H3,(H,15,17). The van der Waals surface area contributed by atoms with Crippen LogP contribution in [0, 0.1) is 0 Å². The smallest absolute Gasteiger partial charge is 0.206 e. The van der Waals surface area contributed by atoms with Crippen LogP contribution in [0.5, 0.6) is 0 Å². The first-order valence-electron chi connectivity index (χ1n) is 6.68. The molecule has 2 aromatic heterocycles. The molecule has 1 N–H and O–H groups in total. The molecule has 1 aromatic carbocycles. The van der Waals surface area contributed by atoms with Gasteiger partial charge in [-0.25, -0.2) is 4.68 Å². The van der Waals surface area contributed by atoms with Crippen LogP contribution in [0.15, 0.2) is 30.6 Å². The van der Waals surface area contributed by atoms with E-state index in [-0.39, 0.29) is 6.04 Å². The van der Waals surface area contributed by atoms with Gasteiger partial charge < -0.3 is 5.32 Å². The normalized spacial score (nSPS) is 12.3. The molecule has 3 rings (SSSR count). The summed E-state index contributed by atoms with van der Waals surface area (Å²) in [4.78, 5) is 0. The number of hydrogen-bond donors (Lipinski definition) is 1. The van der Waals surface area contributed by atoms with E-state index in [1.165, 1.54) is 0 Å². The van der Waals surface area contributed by atoms with Crippen LogP contribution >= 0.6 is 11.3 Å². The van der Waals surface area contributed by atoms with Gasteiger partial charge in [0, 0.05) is 0 Å². The third kappa shape index (κ3) is 3.05. The van der Waals surface area contributed by atoms with Crippen molar-refractivity contribution in [3.8, 4) is 5.69 Å². The van der Waals surface area contributed by atoms with Crippen LogP contribution in [-0.4, -0.2) is 30.4 Å². The van der Waals surface area contributed by atoms with Gasteiger partial charge in [0.1, 0.15) is 11.3 Å². The lowest BCUT2D eigenvalue weighted by Gasteiger charge is -2.13. The number of aromatic nitrogens is 6. The van der Waals surface area contributed by atoms with Gasteiger partial charge in [0.15, 0.2) is 0 Å². The number of anilines is 1. The molecule has 108 valence electrons. The molecule has 21 heavy (non-hydrogen) atoms. The Kier molecular flexibility index (Phi) is 3.87. The number of tetrazole rings is 1. The Morgan fingerprint density at radius 2 is 2.24 bits per heavy atom. The van der Waals surface area contributed by atoms with E-state index in [2.05, 4.69) is 57.0 Å². The predicted octanol–water partition coefficient (Wildman–Crippen LogP) is 2.25. The van der Waals surface area contributed by atoms with E-state index in [0.717, 1.165) is 27.8 Å². The Morgan fingerprint density at radius 1 is 1.33 bits per heavy atom.